The van der Waals surface area contributed by atoms with Gasteiger partial charge < -0.3 is 24.5 Å². The topological polar surface area (TPSA) is 294 Å². The van der Waals surface area contributed by atoms with Crippen LogP contribution in [-0.2, 0) is 63.6 Å². The van der Waals surface area contributed by atoms with Crippen molar-refractivity contribution in [3.05, 3.63) is 357 Å². The molecule has 0 aliphatic carbocycles. The van der Waals surface area contributed by atoms with E-state index in [0.29, 0.717) is 183 Å². The van der Waals surface area contributed by atoms with Crippen LogP contribution in [0.2, 0.25) is 9.62 Å². The number of pyridine rings is 1. The first-order valence-corrected chi connectivity index (χ1v) is 50.4. The van der Waals surface area contributed by atoms with Gasteiger partial charge in [-0.25, -0.2) is 63.3 Å². The maximum atomic E-state index is 14.0. The molecule has 14 aromatic heterocycles. The second-order valence-corrected chi connectivity index (χ2v) is 41.0. The number of alkyl halides is 15. The molecule has 0 atom stereocenters. The second-order valence-electron chi connectivity index (χ2n) is 32.4. The van der Waals surface area contributed by atoms with Crippen molar-refractivity contribution in [2.45, 2.75) is 95.7 Å². The fraction of sp³-hybridized carbons (Fsp3) is 0.269. The summed E-state index contributed by atoms with van der Waals surface area (Å²) < 4.78 is 211. The first-order valence-electron chi connectivity index (χ1n) is 43.8. The Bertz CT molecular complexity index is 7610. The molecule has 0 amide bonds. The quantitative estimate of drug-likeness (QED) is 0.0506. The Balaban J connectivity index is 0.000000131. The SMILES string of the molecule is O=c1nc(N2CC=C(c3ccc(Cl)s3)CC2)ncn1Cc1ccc(C(F)(F)F)s1.O=c1nc(N2CC=C(c3ccccc3F)CC2)ncn1Cc1ccc(C(F)(F)F)s1.O=c1nc(N2CC=C(c3ccncc3)CC2)ncn1Cc1ccc(C(F)(F)F)s1.O=c1nc(N2CC=C(c3ccsc3)CC2)ncn1Cc1ccc(C(F)(F)F)s1.O=c1nc(N2CC=C(c3cnc(Cl)nc3)CC2)ncn1Cc1ccc(C(F)(F)F)s1. The molecular weight excluding hydrogens is 2120 g/mol. The summed E-state index contributed by atoms with van der Waals surface area (Å²) in [4.78, 5) is 124. The molecule has 146 heavy (non-hydrogen) atoms. The number of aromatic nitrogens is 18. The van der Waals surface area contributed by atoms with E-state index in [0.717, 1.165) is 81.1 Å². The Morgan fingerprint density at radius 3 is 0.884 bits per heavy atom. The van der Waals surface area contributed by atoms with Gasteiger partial charge in [-0.2, -0.15) is 102 Å². The van der Waals surface area contributed by atoms with Crippen molar-refractivity contribution in [2.24, 2.45) is 0 Å². The van der Waals surface area contributed by atoms with Gasteiger partial charge in [0.1, 0.15) is 61.8 Å². The molecule has 0 bridgehead atoms. The predicted octanol–water partition coefficient (Wildman–Crippen LogP) is 20.1. The lowest BCUT2D eigenvalue weighted by molar-refractivity contribution is -0.135. The van der Waals surface area contributed by atoms with Crippen LogP contribution in [0.4, 0.5) is 100.0 Å². The molecule has 1 aromatic carbocycles. The van der Waals surface area contributed by atoms with Crippen LogP contribution in [-0.4, -0.2) is 153 Å². The van der Waals surface area contributed by atoms with Crippen LogP contribution < -0.4 is 52.9 Å². The molecule has 0 spiro atoms. The Hall–Kier alpha value is -13.4. The Morgan fingerprint density at radius 2 is 0.616 bits per heavy atom. The van der Waals surface area contributed by atoms with E-state index in [9.17, 15) is 94.2 Å². The third-order valence-electron chi connectivity index (χ3n) is 22.6. The number of thiophene rings is 7. The number of rotatable bonds is 20. The zero-order chi connectivity index (χ0) is 103. The number of nitrogens with zero attached hydrogens (tertiary/aromatic N) is 23. The maximum Gasteiger partial charge on any atom is 0.425 e. The second kappa shape index (κ2) is 46.1. The lowest BCUT2D eigenvalue weighted by Crippen LogP contribution is -2.34. The van der Waals surface area contributed by atoms with Crippen LogP contribution in [0.15, 0.2) is 237 Å². The molecule has 0 fully saturated rings. The van der Waals surface area contributed by atoms with Gasteiger partial charge in [-0.3, -0.25) is 27.8 Å². The summed E-state index contributed by atoms with van der Waals surface area (Å²) in [6, 6.07) is 28.2. The van der Waals surface area contributed by atoms with E-state index in [1.54, 1.807) is 59.2 Å². The van der Waals surface area contributed by atoms with Crippen molar-refractivity contribution in [3.8, 4) is 0 Å². The molecule has 0 radical (unpaired) electrons. The van der Waals surface area contributed by atoms with E-state index in [1.165, 1.54) is 124 Å². The summed E-state index contributed by atoms with van der Waals surface area (Å²) in [6.07, 6.45) is 5.20. The van der Waals surface area contributed by atoms with E-state index >= 15 is 0 Å². The molecule has 5 aliphatic rings. The summed E-state index contributed by atoms with van der Waals surface area (Å²) in [5.41, 5.74) is 6.62. The number of hydrogen-bond donors (Lipinski definition) is 0. The van der Waals surface area contributed by atoms with Crippen molar-refractivity contribution in [1.82, 2.24) is 87.6 Å². The van der Waals surface area contributed by atoms with Crippen molar-refractivity contribution in [1.29, 1.82) is 0 Å². The lowest BCUT2D eigenvalue weighted by Gasteiger charge is -2.26. The van der Waals surface area contributed by atoms with Gasteiger partial charge in [0.05, 0.1) is 37.1 Å². The molecule has 0 saturated heterocycles. The van der Waals surface area contributed by atoms with Crippen molar-refractivity contribution in [2.75, 3.05) is 89.9 Å². The van der Waals surface area contributed by atoms with Crippen LogP contribution >= 0.6 is 103 Å². The summed E-state index contributed by atoms with van der Waals surface area (Å²) in [6.45, 7) is 5.78. The maximum absolute atomic E-state index is 14.0. The molecule has 53 heteroatoms. The normalized spacial score (nSPS) is 14.8. The van der Waals surface area contributed by atoms with Crippen LogP contribution in [0.5, 0.6) is 0 Å². The largest absolute Gasteiger partial charge is 0.425 e. The summed E-state index contributed by atoms with van der Waals surface area (Å²) in [7, 11) is 0. The standard InChI is InChI=1S/C20H16F4N4OS.C19H16F3N5OS.C18H14ClF3N6OS.C18H14ClF3N4OS2.C18H15F3N4OS2/c21-16-4-2-1-3-15(16)13-7-9-27(10-8-13)18-25-12-28(19(29)26-18)11-14-5-6-17(30-14)20(22,23)24;20-19(21,22)16-2-1-15(29-16)11-27-12-24-17(25-18(27)28)26-9-5-14(6-10-26)13-3-7-23-8-4-13;19-15-23-7-12(8-24-15)11-3-5-27(6-4-11)16-25-10-28(17(29)26-16)9-13-1-2-14(30-13)18(20,21)22;19-15-4-2-13(29-15)11-5-7-25(8-6-11)16-23-10-26(17(27)24-16)9-12-1-3-14(28-12)18(20,21)22;19-18(20,21)15-2-1-14(28-15)9-25-11-22-16(23-17(25)26)24-6-3-12(4-7-24)13-5-8-27-10-13/h1-7,12H,8-11H2;1-5,7-8,12H,6,9-11H2;1-3,7-8,10H,4-6,9H2;1-5,10H,6-9H2;1-3,5,8,10-11H,4,6-7,9H2. The van der Waals surface area contributed by atoms with Crippen molar-refractivity contribution < 1.29 is 70.2 Å². The van der Waals surface area contributed by atoms with Crippen LogP contribution in [0, 0.1) is 5.82 Å². The van der Waals surface area contributed by atoms with Crippen LogP contribution in [0.1, 0.15) is 108 Å². The minimum Gasteiger partial charge on any atom is -0.337 e. The average Bonchev–Trinajstić information content (AvgIpc) is 1.10. The van der Waals surface area contributed by atoms with Crippen molar-refractivity contribution >= 4 is 160 Å². The van der Waals surface area contributed by atoms with E-state index in [4.69, 9.17) is 23.2 Å². The third-order valence-corrected chi connectivity index (χ3v) is 30.4. The fourth-order valence-corrected chi connectivity index (χ4v) is 21.4. The molecule has 15 aromatic rings. The highest BCUT2D eigenvalue weighted by molar-refractivity contribution is 7.17. The monoisotopic (exact) mass is 2190 g/mol. The van der Waals surface area contributed by atoms with E-state index in [1.807, 2.05) is 61.4 Å². The zero-order valence-electron chi connectivity index (χ0n) is 75.3. The molecule has 19 heterocycles. The van der Waals surface area contributed by atoms with Gasteiger partial charge in [0.2, 0.25) is 35.0 Å². The van der Waals surface area contributed by atoms with Gasteiger partial charge >= 0.3 is 59.3 Å². The molecule has 0 N–H and O–H groups in total. The minimum atomic E-state index is -4.41. The highest BCUT2D eigenvalue weighted by Crippen LogP contribution is 2.42. The third kappa shape index (κ3) is 27.6. The summed E-state index contributed by atoms with van der Waals surface area (Å²) in [5.74, 6) is 1.21. The smallest absolute Gasteiger partial charge is 0.337 e. The highest BCUT2D eigenvalue weighted by atomic mass is 35.5. The molecule has 28 nitrogen and oxygen atoms in total. The van der Waals surface area contributed by atoms with Gasteiger partial charge in [-0.1, -0.05) is 60.2 Å². The van der Waals surface area contributed by atoms with Gasteiger partial charge in [-0.05, 0) is 191 Å². The van der Waals surface area contributed by atoms with Gasteiger partial charge in [0, 0.05) is 131 Å². The number of halogens is 18. The van der Waals surface area contributed by atoms with Gasteiger partial charge in [0.25, 0.3) is 0 Å². The van der Waals surface area contributed by atoms with Gasteiger partial charge in [-0.15, -0.1) is 68.0 Å². The highest BCUT2D eigenvalue weighted by Gasteiger charge is 2.38. The Labute approximate surface area is 854 Å². The summed E-state index contributed by atoms with van der Waals surface area (Å²) >= 11 is 17.9. The molecule has 5 aliphatic heterocycles. The molecular formula is C93H75Cl2F16N23O5S7. The average molecular weight is 2190 g/mol. The molecule has 0 saturated carbocycles. The first-order chi connectivity index (χ1) is 69.7. The predicted molar refractivity (Wildman–Crippen MR) is 529 cm³/mol. The molecule has 760 valence electrons. The fourth-order valence-electron chi connectivity index (χ4n) is 15.2. The lowest BCUT2D eigenvalue weighted by atomic mass is 9.99. The van der Waals surface area contributed by atoms with E-state index in [-0.39, 0.29) is 55.7 Å². The number of anilines is 5. The number of benzene rings is 1. The van der Waals surface area contributed by atoms with E-state index in [2.05, 4.69) is 94.5 Å². The zero-order valence-corrected chi connectivity index (χ0v) is 82.6. The molecule has 0 unspecified atom stereocenters. The van der Waals surface area contributed by atoms with Crippen molar-refractivity contribution in [3.63, 3.8) is 0 Å². The Morgan fingerprint density at radius 1 is 0.315 bits per heavy atom. The van der Waals surface area contributed by atoms with Gasteiger partial charge in [0.15, 0.2) is 0 Å². The minimum absolute atomic E-state index is 0.00302. The van der Waals surface area contributed by atoms with Crippen LogP contribution in [0.25, 0.3) is 27.9 Å². The Kier molecular flexibility index (Phi) is 33.3. The first kappa shape index (κ1) is 105. The summed E-state index contributed by atoms with van der Waals surface area (Å²) in [5, 5.41) is 4.33. The van der Waals surface area contributed by atoms with E-state index < -0.39 is 83.7 Å². The molecule has 20 rings (SSSR count). The number of hydrogen-bond acceptors (Lipinski definition) is 30. The van der Waals surface area contributed by atoms with Crippen LogP contribution in [0.3, 0.4) is 0 Å².